The molecule has 0 saturated heterocycles. The molecule has 158 valence electrons. The van der Waals surface area contributed by atoms with Crippen molar-refractivity contribution in [3.05, 3.63) is 65.2 Å². The van der Waals surface area contributed by atoms with Crippen molar-refractivity contribution in [3.8, 4) is 11.3 Å². The van der Waals surface area contributed by atoms with Gasteiger partial charge in [-0.2, -0.15) is 13.5 Å². The van der Waals surface area contributed by atoms with E-state index in [9.17, 15) is 9.18 Å². The highest BCUT2D eigenvalue weighted by Gasteiger charge is 2.28. The molecule has 6 nitrogen and oxygen atoms in total. The molecule has 0 unspecified atom stereocenters. The van der Waals surface area contributed by atoms with Gasteiger partial charge in [-0.1, -0.05) is 11.6 Å². The maximum atomic E-state index is 13.4. The van der Waals surface area contributed by atoms with Gasteiger partial charge in [0.25, 0.3) is 0 Å². The summed E-state index contributed by atoms with van der Waals surface area (Å²) in [6.07, 6.45) is 0. The molecule has 0 fully saturated rings. The van der Waals surface area contributed by atoms with Crippen LogP contribution in [-0.4, -0.2) is 32.9 Å². The Morgan fingerprint density at radius 1 is 1.17 bits per heavy atom. The Hall–Kier alpha value is -2.55. The molecule has 4 rings (SSSR count). The molecule has 0 bridgehead atoms. The third kappa shape index (κ3) is 4.45. The number of carbonyl (C=O) groups excluding carboxylic acids is 1. The van der Waals surface area contributed by atoms with Crippen LogP contribution < -0.4 is 11.1 Å². The number of carbonyl (C=O) groups is 1. The number of aromatic nitrogens is 2. The van der Waals surface area contributed by atoms with Gasteiger partial charge in [-0.3, -0.25) is 4.79 Å². The number of hydrogen-bond donors (Lipinski definition) is 2. The summed E-state index contributed by atoms with van der Waals surface area (Å²) in [5.41, 5.74) is 8.11. The largest absolute Gasteiger partial charge is 0.340 e. The van der Waals surface area contributed by atoms with Crippen LogP contribution in [0.4, 0.5) is 15.9 Å². The van der Waals surface area contributed by atoms with Crippen molar-refractivity contribution >= 4 is 42.5 Å². The van der Waals surface area contributed by atoms with E-state index in [0.717, 1.165) is 22.9 Å². The van der Waals surface area contributed by atoms with Crippen LogP contribution >= 0.6 is 25.1 Å². The molecule has 2 heterocycles. The second kappa shape index (κ2) is 9.07. The molecular formula is C21H23ClFN5OS. The summed E-state index contributed by atoms with van der Waals surface area (Å²) in [6.45, 7) is 3.18. The van der Waals surface area contributed by atoms with Crippen molar-refractivity contribution in [1.82, 2.24) is 14.5 Å². The highest BCUT2D eigenvalue weighted by atomic mass is 35.5. The number of imidazole rings is 1. The third-order valence-electron chi connectivity index (χ3n) is 4.90. The highest BCUT2D eigenvalue weighted by molar-refractivity contribution is 7.59. The van der Waals surface area contributed by atoms with Gasteiger partial charge < -0.3 is 20.5 Å². The van der Waals surface area contributed by atoms with Crippen molar-refractivity contribution in [2.24, 2.45) is 5.73 Å². The van der Waals surface area contributed by atoms with Crippen LogP contribution in [0.5, 0.6) is 0 Å². The number of amides is 1. The molecule has 0 radical (unpaired) electrons. The average molecular weight is 448 g/mol. The molecule has 0 saturated carbocycles. The van der Waals surface area contributed by atoms with Gasteiger partial charge in [0.2, 0.25) is 5.91 Å². The lowest BCUT2D eigenvalue weighted by molar-refractivity contribution is -0.133. The molecule has 1 amide bonds. The van der Waals surface area contributed by atoms with Crippen molar-refractivity contribution in [3.63, 3.8) is 0 Å². The Balaban J connectivity index is 0.00000256. The van der Waals surface area contributed by atoms with Crippen LogP contribution in [0.1, 0.15) is 12.7 Å². The van der Waals surface area contributed by atoms with E-state index in [1.54, 1.807) is 36.1 Å². The van der Waals surface area contributed by atoms with E-state index in [2.05, 4.69) is 9.88 Å². The van der Waals surface area contributed by atoms with Crippen LogP contribution in [0.3, 0.4) is 0 Å². The first kappa shape index (κ1) is 22.1. The van der Waals surface area contributed by atoms with E-state index in [1.807, 2.05) is 12.1 Å². The fraction of sp³-hybridized carbons (Fsp3) is 0.238. The lowest BCUT2D eigenvalue weighted by Crippen LogP contribution is -2.45. The van der Waals surface area contributed by atoms with E-state index in [0.29, 0.717) is 30.4 Å². The van der Waals surface area contributed by atoms with Gasteiger partial charge in [-0.05, 0) is 55.5 Å². The molecule has 1 aromatic heterocycles. The molecule has 30 heavy (non-hydrogen) atoms. The normalized spacial score (nSPS) is 13.9. The number of benzene rings is 2. The van der Waals surface area contributed by atoms with Crippen LogP contribution in [0.15, 0.2) is 48.5 Å². The van der Waals surface area contributed by atoms with Crippen molar-refractivity contribution < 1.29 is 9.18 Å². The Labute approximate surface area is 186 Å². The van der Waals surface area contributed by atoms with Crippen molar-refractivity contribution in [1.29, 1.82) is 0 Å². The summed E-state index contributed by atoms with van der Waals surface area (Å²) in [4.78, 5) is 18.8. The van der Waals surface area contributed by atoms with E-state index in [1.165, 1.54) is 12.1 Å². The zero-order valence-corrected chi connectivity index (χ0v) is 18.2. The Morgan fingerprint density at radius 3 is 2.47 bits per heavy atom. The molecule has 9 heteroatoms. The zero-order valence-electron chi connectivity index (χ0n) is 16.4. The lowest BCUT2D eigenvalue weighted by atomic mass is 10.1. The number of nitrogens with two attached hydrogens (primary N) is 1. The van der Waals surface area contributed by atoms with Gasteiger partial charge in [-0.25, -0.2) is 9.37 Å². The summed E-state index contributed by atoms with van der Waals surface area (Å²) >= 11 is 5.99. The minimum absolute atomic E-state index is 0. The Morgan fingerprint density at radius 2 is 1.83 bits per heavy atom. The van der Waals surface area contributed by atoms with Gasteiger partial charge in [0, 0.05) is 29.4 Å². The van der Waals surface area contributed by atoms with E-state index >= 15 is 0 Å². The van der Waals surface area contributed by atoms with Gasteiger partial charge in [0.15, 0.2) is 0 Å². The SMILES string of the molecule is C[C@H](N)C(=O)N1CCn2c(nc(-c3ccc(F)cc3)c2Nc2ccc(Cl)cc2)C1.S. The van der Waals surface area contributed by atoms with Gasteiger partial charge in [0.05, 0.1) is 12.6 Å². The minimum Gasteiger partial charge on any atom is -0.340 e. The predicted octanol–water partition coefficient (Wildman–Crippen LogP) is 3.89. The van der Waals surface area contributed by atoms with Gasteiger partial charge >= 0.3 is 0 Å². The van der Waals surface area contributed by atoms with Crippen LogP contribution in [-0.2, 0) is 17.9 Å². The summed E-state index contributed by atoms with van der Waals surface area (Å²) in [6, 6.07) is 13.0. The van der Waals surface area contributed by atoms with Gasteiger partial charge in [0.1, 0.15) is 23.2 Å². The number of nitrogens with zero attached hydrogens (tertiary/aromatic N) is 3. The van der Waals surface area contributed by atoms with Crippen LogP contribution in [0.25, 0.3) is 11.3 Å². The molecule has 0 aliphatic carbocycles. The molecular weight excluding hydrogens is 425 g/mol. The molecule has 3 aromatic rings. The quantitative estimate of drug-likeness (QED) is 0.636. The standard InChI is InChI=1S/C21H21ClFN5O.H2S/c1-13(24)21(29)27-10-11-28-18(12-27)26-19(14-2-6-16(23)7-3-14)20(28)25-17-8-4-15(22)5-9-17;/h2-9,13,25H,10-12,24H2,1H3;1H2/t13-;/m0./s1. The molecule has 1 aliphatic rings. The summed E-state index contributed by atoms with van der Waals surface area (Å²) in [7, 11) is 0. The summed E-state index contributed by atoms with van der Waals surface area (Å²) in [5.74, 6) is 1.14. The summed E-state index contributed by atoms with van der Waals surface area (Å²) < 4.78 is 15.5. The maximum Gasteiger partial charge on any atom is 0.239 e. The molecule has 3 N–H and O–H groups in total. The fourth-order valence-electron chi connectivity index (χ4n) is 3.41. The first-order valence-corrected chi connectivity index (χ1v) is 9.72. The van der Waals surface area contributed by atoms with E-state index in [-0.39, 0.29) is 25.2 Å². The molecule has 1 atom stereocenters. The topological polar surface area (TPSA) is 76.2 Å². The second-order valence-corrected chi connectivity index (χ2v) is 7.50. The minimum atomic E-state index is -0.556. The fourth-order valence-corrected chi connectivity index (χ4v) is 3.54. The smallest absolute Gasteiger partial charge is 0.239 e. The van der Waals surface area contributed by atoms with Crippen molar-refractivity contribution in [2.45, 2.75) is 26.1 Å². The Kier molecular flexibility index (Phi) is 6.70. The second-order valence-electron chi connectivity index (χ2n) is 7.06. The number of nitrogens with one attached hydrogen (secondary N) is 1. The number of halogens is 2. The summed E-state index contributed by atoms with van der Waals surface area (Å²) in [5, 5.41) is 4.06. The number of rotatable bonds is 4. The first-order valence-electron chi connectivity index (χ1n) is 9.34. The lowest BCUT2D eigenvalue weighted by Gasteiger charge is -2.29. The first-order chi connectivity index (χ1) is 13.9. The maximum absolute atomic E-state index is 13.4. The van der Waals surface area contributed by atoms with Gasteiger partial charge in [-0.15, -0.1) is 0 Å². The molecule has 0 spiro atoms. The third-order valence-corrected chi connectivity index (χ3v) is 5.15. The van der Waals surface area contributed by atoms with Crippen LogP contribution in [0.2, 0.25) is 5.02 Å². The van der Waals surface area contributed by atoms with E-state index in [4.69, 9.17) is 22.3 Å². The Bertz CT molecular complexity index is 1040. The molecule has 2 aromatic carbocycles. The average Bonchev–Trinajstić information content (AvgIpc) is 3.07. The van der Waals surface area contributed by atoms with E-state index < -0.39 is 6.04 Å². The molecule has 1 aliphatic heterocycles. The number of hydrogen-bond acceptors (Lipinski definition) is 4. The number of anilines is 2. The predicted molar refractivity (Wildman–Crippen MR) is 122 cm³/mol. The monoisotopic (exact) mass is 447 g/mol. The van der Waals surface area contributed by atoms with Crippen LogP contribution in [0, 0.1) is 5.82 Å². The zero-order chi connectivity index (χ0) is 20.5. The highest BCUT2D eigenvalue weighted by Crippen LogP contribution is 2.33. The van der Waals surface area contributed by atoms with Crippen molar-refractivity contribution in [2.75, 3.05) is 11.9 Å². The number of fused-ring (bicyclic) bond motifs is 1.